The third-order valence-electron chi connectivity index (χ3n) is 5.91. The molecule has 0 bridgehead atoms. The lowest BCUT2D eigenvalue weighted by Gasteiger charge is -2.20. The number of nitrogens with zero attached hydrogens (tertiary/aromatic N) is 3. The van der Waals surface area contributed by atoms with E-state index in [1.165, 1.54) is 17.8 Å². The fraction of sp³-hybridized carbons (Fsp3) is 0.280. The topological polar surface area (TPSA) is 97.6 Å². The number of fused-ring (bicyclic) bond motifs is 1. The molecular formula is C25H25N5O3S. The maximum Gasteiger partial charge on any atom is 0.267 e. The minimum atomic E-state index is -0.195. The number of carbonyl (C=O) groups is 2. The highest BCUT2D eigenvalue weighted by molar-refractivity contribution is 7.12. The summed E-state index contributed by atoms with van der Waals surface area (Å²) in [6.45, 7) is 1.90. The highest BCUT2D eigenvalue weighted by Crippen LogP contribution is 2.27. The molecule has 34 heavy (non-hydrogen) atoms. The van der Waals surface area contributed by atoms with Crippen molar-refractivity contribution in [1.29, 1.82) is 0 Å². The first-order valence-electron chi connectivity index (χ1n) is 11.4. The maximum atomic E-state index is 12.6. The van der Waals surface area contributed by atoms with Gasteiger partial charge in [-0.3, -0.25) is 9.59 Å². The number of anilines is 2. The number of hydrogen-bond acceptors (Lipinski definition) is 6. The Morgan fingerprint density at radius 2 is 1.94 bits per heavy atom. The number of aromatic nitrogens is 3. The molecule has 1 fully saturated rings. The molecular weight excluding hydrogens is 450 g/mol. The van der Waals surface area contributed by atoms with Gasteiger partial charge in [0.15, 0.2) is 11.5 Å². The van der Waals surface area contributed by atoms with E-state index in [0.29, 0.717) is 33.7 Å². The van der Waals surface area contributed by atoms with E-state index in [1.807, 2.05) is 36.6 Å². The summed E-state index contributed by atoms with van der Waals surface area (Å²) < 4.78 is 7.48. The molecule has 3 heterocycles. The largest absolute Gasteiger partial charge is 0.438 e. The Morgan fingerprint density at radius 3 is 2.74 bits per heavy atom. The molecule has 2 amide bonds. The Labute approximate surface area is 201 Å². The molecule has 0 radical (unpaired) electrons. The molecule has 1 saturated carbocycles. The van der Waals surface area contributed by atoms with E-state index in [9.17, 15) is 9.59 Å². The van der Waals surface area contributed by atoms with Gasteiger partial charge < -0.3 is 15.4 Å². The number of aryl methyl sites for hydroxylation is 1. The normalized spacial score (nSPS) is 14.1. The summed E-state index contributed by atoms with van der Waals surface area (Å²) in [5.74, 6) is 1.31. The van der Waals surface area contributed by atoms with Crippen molar-refractivity contribution in [3.05, 3.63) is 64.5 Å². The molecule has 3 aromatic heterocycles. The van der Waals surface area contributed by atoms with Gasteiger partial charge in [0.05, 0.1) is 11.1 Å². The van der Waals surface area contributed by atoms with Gasteiger partial charge in [0.1, 0.15) is 5.75 Å². The number of imidazole rings is 1. The monoisotopic (exact) mass is 475 g/mol. The van der Waals surface area contributed by atoms with Crippen molar-refractivity contribution in [3.8, 4) is 11.6 Å². The number of thiophene rings is 1. The lowest BCUT2D eigenvalue weighted by atomic mass is 9.88. The number of amides is 2. The van der Waals surface area contributed by atoms with Gasteiger partial charge in [-0.05, 0) is 55.0 Å². The van der Waals surface area contributed by atoms with Crippen LogP contribution in [0.5, 0.6) is 11.6 Å². The third kappa shape index (κ3) is 4.94. The van der Waals surface area contributed by atoms with Crippen molar-refractivity contribution in [2.75, 3.05) is 10.6 Å². The predicted octanol–water partition coefficient (Wildman–Crippen LogP) is 5.66. The Morgan fingerprint density at radius 1 is 1.09 bits per heavy atom. The molecule has 0 spiro atoms. The maximum absolute atomic E-state index is 12.6. The van der Waals surface area contributed by atoms with E-state index < -0.39 is 0 Å². The minimum Gasteiger partial charge on any atom is -0.438 e. The van der Waals surface area contributed by atoms with Gasteiger partial charge in [-0.15, -0.1) is 16.4 Å². The standard InChI is InChI=1S/C25H25N5O3S/c1-16-12-13-34-23(16)25(32)28-20-15-30-21(27-20)10-11-22(29-30)33-19-9-5-8-18(14-19)26-24(31)17-6-3-2-4-7-17/h5,8-15,17H,2-4,6-7H2,1H3,(H,26,31)(H,28,32). The molecule has 0 saturated heterocycles. The van der Waals surface area contributed by atoms with Crippen molar-refractivity contribution < 1.29 is 14.3 Å². The predicted molar refractivity (Wildman–Crippen MR) is 132 cm³/mol. The van der Waals surface area contributed by atoms with Crippen molar-refractivity contribution in [1.82, 2.24) is 14.6 Å². The number of ether oxygens (including phenoxy) is 1. The summed E-state index contributed by atoms with van der Waals surface area (Å²) in [4.78, 5) is 30.1. The average molecular weight is 476 g/mol. The summed E-state index contributed by atoms with van der Waals surface area (Å²) >= 11 is 1.39. The van der Waals surface area contributed by atoms with Crippen LogP contribution in [0.3, 0.4) is 0 Å². The van der Waals surface area contributed by atoms with Crippen LogP contribution in [0.15, 0.2) is 54.0 Å². The van der Waals surface area contributed by atoms with Gasteiger partial charge in [0, 0.05) is 23.7 Å². The number of nitrogens with one attached hydrogen (secondary N) is 2. The van der Waals surface area contributed by atoms with Crippen LogP contribution in [0, 0.1) is 12.8 Å². The molecule has 0 unspecified atom stereocenters. The van der Waals surface area contributed by atoms with Gasteiger partial charge in [-0.1, -0.05) is 25.3 Å². The Hall–Kier alpha value is -3.72. The second kappa shape index (κ2) is 9.64. The van der Waals surface area contributed by atoms with Crippen LogP contribution >= 0.6 is 11.3 Å². The van der Waals surface area contributed by atoms with Crippen molar-refractivity contribution in [2.24, 2.45) is 5.92 Å². The minimum absolute atomic E-state index is 0.0714. The van der Waals surface area contributed by atoms with Crippen LogP contribution in [-0.4, -0.2) is 26.4 Å². The fourth-order valence-electron chi connectivity index (χ4n) is 4.12. The molecule has 0 atom stereocenters. The first-order chi connectivity index (χ1) is 16.5. The molecule has 2 N–H and O–H groups in total. The molecule has 1 aliphatic rings. The smallest absolute Gasteiger partial charge is 0.267 e. The third-order valence-corrected chi connectivity index (χ3v) is 6.92. The summed E-state index contributed by atoms with van der Waals surface area (Å²) in [6, 6.07) is 12.7. The summed E-state index contributed by atoms with van der Waals surface area (Å²) in [6.07, 6.45) is 6.98. The quantitative estimate of drug-likeness (QED) is 0.375. The molecule has 9 heteroatoms. The fourth-order valence-corrected chi connectivity index (χ4v) is 4.95. The van der Waals surface area contributed by atoms with Crippen LogP contribution in [-0.2, 0) is 4.79 Å². The van der Waals surface area contributed by atoms with E-state index in [-0.39, 0.29) is 17.7 Å². The van der Waals surface area contributed by atoms with Crippen LogP contribution in [0.4, 0.5) is 11.5 Å². The van der Waals surface area contributed by atoms with Crippen LogP contribution < -0.4 is 15.4 Å². The lowest BCUT2D eigenvalue weighted by molar-refractivity contribution is -0.120. The van der Waals surface area contributed by atoms with Crippen LogP contribution in [0.25, 0.3) is 5.65 Å². The molecule has 8 nitrogen and oxygen atoms in total. The zero-order valence-electron chi connectivity index (χ0n) is 18.8. The zero-order chi connectivity index (χ0) is 23.5. The van der Waals surface area contributed by atoms with Crippen molar-refractivity contribution >= 4 is 40.3 Å². The molecule has 4 aromatic rings. The zero-order valence-corrected chi connectivity index (χ0v) is 19.6. The average Bonchev–Trinajstić information content (AvgIpc) is 3.45. The summed E-state index contributed by atoms with van der Waals surface area (Å²) in [5, 5.41) is 12.1. The van der Waals surface area contributed by atoms with Crippen LogP contribution in [0.2, 0.25) is 0 Å². The van der Waals surface area contributed by atoms with Gasteiger partial charge in [-0.25, -0.2) is 9.50 Å². The van der Waals surface area contributed by atoms with Crippen LogP contribution in [0.1, 0.15) is 47.3 Å². The molecule has 1 aromatic carbocycles. The second-order valence-electron chi connectivity index (χ2n) is 8.44. The Kier molecular flexibility index (Phi) is 6.27. The molecule has 5 rings (SSSR count). The highest BCUT2D eigenvalue weighted by atomic mass is 32.1. The number of hydrogen-bond donors (Lipinski definition) is 2. The van der Waals surface area contributed by atoms with Gasteiger partial charge in [0.2, 0.25) is 11.8 Å². The molecule has 0 aliphatic heterocycles. The van der Waals surface area contributed by atoms with E-state index in [1.54, 1.807) is 28.9 Å². The summed E-state index contributed by atoms with van der Waals surface area (Å²) in [5.41, 5.74) is 2.21. The highest BCUT2D eigenvalue weighted by Gasteiger charge is 2.21. The first kappa shape index (κ1) is 22.1. The van der Waals surface area contributed by atoms with E-state index in [0.717, 1.165) is 31.2 Å². The summed E-state index contributed by atoms with van der Waals surface area (Å²) in [7, 11) is 0. The lowest BCUT2D eigenvalue weighted by Crippen LogP contribution is -2.24. The van der Waals surface area contributed by atoms with Gasteiger partial charge in [0.25, 0.3) is 5.91 Å². The number of rotatable bonds is 6. The van der Waals surface area contributed by atoms with Crippen molar-refractivity contribution in [2.45, 2.75) is 39.0 Å². The Bertz CT molecular complexity index is 1340. The Balaban J connectivity index is 1.26. The molecule has 174 valence electrons. The number of carbonyl (C=O) groups excluding carboxylic acids is 2. The molecule has 1 aliphatic carbocycles. The van der Waals surface area contributed by atoms with E-state index in [4.69, 9.17) is 4.74 Å². The van der Waals surface area contributed by atoms with E-state index >= 15 is 0 Å². The van der Waals surface area contributed by atoms with Gasteiger partial charge >= 0.3 is 0 Å². The number of benzene rings is 1. The SMILES string of the molecule is Cc1ccsc1C(=O)Nc1cn2nc(Oc3cccc(NC(=O)C4CCCCC4)c3)ccc2n1. The second-order valence-corrected chi connectivity index (χ2v) is 9.36. The van der Waals surface area contributed by atoms with Crippen molar-refractivity contribution in [3.63, 3.8) is 0 Å². The van der Waals surface area contributed by atoms with Gasteiger partial charge in [-0.2, -0.15) is 0 Å². The first-order valence-corrected chi connectivity index (χ1v) is 12.2. The van der Waals surface area contributed by atoms with E-state index in [2.05, 4.69) is 20.7 Å².